The molecule has 0 atom stereocenters. The molecule has 0 spiro atoms. The second-order valence-corrected chi connectivity index (χ2v) is 6.23. The van der Waals surface area contributed by atoms with Crippen LogP contribution in [0.1, 0.15) is 37.7 Å². The van der Waals surface area contributed by atoms with Gasteiger partial charge in [0.2, 0.25) is 5.91 Å². The van der Waals surface area contributed by atoms with Gasteiger partial charge in [0.15, 0.2) is 0 Å². The van der Waals surface area contributed by atoms with Crippen molar-refractivity contribution in [2.24, 2.45) is 5.73 Å². The highest BCUT2D eigenvalue weighted by Gasteiger charge is 2.36. The van der Waals surface area contributed by atoms with Crippen LogP contribution in [0.3, 0.4) is 0 Å². The highest BCUT2D eigenvalue weighted by Crippen LogP contribution is 2.28. The number of thiocarbonyl (C=S) groups is 1. The maximum atomic E-state index is 12.2. The zero-order valence-corrected chi connectivity index (χ0v) is 12.9. The lowest BCUT2D eigenvalue weighted by atomic mass is 9.81. The summed E-state index contributed by atoms with van der Waals surface area (Å²) < 4.78 is 0. The molecule has 1 aliphatic rings. The molecule has 1 amide bonds. The Kier molecular flexibility index (Phi) is 5.00. The maximum Gasteiger partial charge on any atom is 0.225 e. The van der Waals surface area contributed by atoms with E-state index in [1.54, 1.807) is 12.1 Å². The Morgan fingerprint density at radius 3 is 2.40 bits per heavy atom. The number of nitrogens with two attached hydrogens (primary N) is 1. The predicted molar refractivity (Wildman–Crippen MR) is 85.9 cm³/mol. The van der Waals surface area contributed by atoms with E-state index in [0.717, 1.165) is 31.2 Å². The average molecular weight is 311 g/mol. The van der Waals surface area contributed by atoms with Crippen molar-refractivity contribution < 1.29 is 4.79 Å². The van der Waals surface area contributed by atoms with Crippen LogP contribution in [0.4, 0.5) is 0 Å². The molecule has 0 aromatic heterocycles. The van der Waals surface area contributed by atoms with Gasteiger partial charge in [-0.1, -0.05) is 55.2 Å². The molecule has 1 saturated carbocycles. The fraction of sp³-hybridized carbons (Fsp3) is 0.467. The quantitative estimate of drug-likeness (QED) is 0.841. The second-order valence-electron chi connectivity index (χ2n) is 5.36. The summed E-state index contributed by atoms with van der Waals surface area (Å²) in [6.45, 7) is 0. The summed E-state index contributed by atoms with van der Waals surface area (Å²) in [7, 11) is 0. The number of hydrogen-bond donors (Lipinski definition) is 2. The monoisotopic (exact) mass is 310 g/mol. The number of hydrogen-bond acceptors (Lipinski definition) is 2. The lowest BCUT2D eigenvalue weighted by Crippen LogP contribution is -2.58. The van der Waals surface area contributed by atoms with Gasteiger partial charge in [-0.15, -0.1) is 0 Å². The summed E-state index contributed by atoms with van der Waals surface area (Å²) >= 11 is 11.0. The van der Waals surface area contributed by atoms with E-state index in [-0.39, 0.29) is 5.91 Å². The summed E-state index contributed by atoms with van der Waals surface area (Å²) in [4.78, 5) is 12.6. The molecule has 1 aromatic rings. The van der Waals surface area contributed by atoms with Gasteiger partial charge in [-0.3, -0.25) is 4.79 Å². The van der Waals surface area contributed by atoms with Crippen LogP contribution in [0, 0.1) is 0 Å². The van der Waals surface area contributed by atoms with E-state index in [2.05, 4.69) is 5.32 Å². The molecule has 20 heavy (non-hydrogen) atoms. The third kappa shape index (κ3) is 3.70. The minimum Gasteiger partial charge on any atom is -0.391 e. The van der Waals surface area contributed by atoms with Crippen molar-refractivity contribution in [3.63, 3.8) is 0 Å². The van der Waals surface area contributed by atoms with Crippen LogP contribution in [-0.2, 0) is 11.2 Å². The molecule has 3 nitrogen and oxygen atoms in total. The molecule has 0 bridgehead atoms. The third-order valence-electron chi connectivity index (χ3n) is 3.84. The normalized spacial score (nSPS) is 17.4. The summed E-state index contributed by atoms with van der Waals surface area (Å²) in [5.74, 6) is -0.0398. The van der Waals surface area contributed by atoms with Crippen molar-refractivity contribution >= 4 is 34.7 Å². The van der Waals surface area contributed by atoms with E-state index in [1.165, 1.54) is 6.42 Å². The molecular formula is C15H19ClN2OS. The molecule has 0 heterocycles. The largest absolute Gasteiger partial charge is 0.391 e. The van der Waals surface area contributed by atoms with Gasteiger partial charge in [0.25, 0.3) is 0 Å². The number of nitrogens with one attached hydrogen (secondary N) is 1. The number of halogens is 1. The summed E-state index contributed by atoms with van der Waals surface area (Å²) in [6.07, 6.45) is 5.29. The molecule has 2 rings (SSSR count). The van der Waals surface area contributed by atoms with E-state index in [9.17, 15) is 4.79 Å². The lowest BCUT2D eigenvalue weighted by molar-refractivity contribution is -0.121. The van der Waals surface area contributed by atoms with Crippen molar-refractivity contribution in [3.8, 4) is 0 Å². The number of rotatable bonds is 4. The van der Waals surface area contributed by atoms with Gasteiger partial charge in [-0.2, -0.15) is 0 Å². The Morgan fingerprint density at radius 1 is 1.25 bits per heavy atom. The van der Waals surface area contributed by atoms with Gasteiger partial charge in [0.1, 0.15) is 0 Å². The first kappa shape index (κ1) is 15.3. The summed E-state index contributed by atoms with van der Waals surface area (Å²) in [6, 6.07) is 7.29. The Labute approximate surface area is 129 Å². The van der Waals surface area contributed by atoms with Crippen molar-refractivity contribution in [2.75, 3.05) is 0 Å². The number of amides is 1. The SMILES string of the molecule is NC(=S)C1(NC(=O)Cc2ccc(Cl)cc2)CCCCC1. The molecule has 0 unspecified atom stereocenters. The van der Waals surface area contributed by atoms with Crippen LogP contribution in [0.25, 0.3) is 0 Å². The first-order valence-electron chi connectivity index (χ1n) is 6.87. The van der Waals surface area contributed by atoms with Crippen LogP contribution >= 0.6 is 23.8 Å². The first-order valence-corrected chi connectivity index (χ1v) is 7.66. The van der Waals surface area contributed by atoms with E-state index < -0.39 is 5.54 Å². The van der Waals surface area contributed by atoms with Gasteiger partial charge in [-0.05, 0) is 30.5 Å². The number of carbonyl (C=O) groups is 1. The Balaban J connectivity index is 2.01. The maximum absolute atomic E-state index is 12.2. The fourth-order valence-electron chi connectivity index (χ4n) is 2.69. The summed E-state index contributed by atoms with van der Waals surface area (Å²) in [5, 5.41) is 3.72. The number of carbonyl (C=O) groups excluding carboxylic acids is 1. The van der Waals surface area contributed by atoms with Gasteiger partial charge < -0.3 is 11.1 Å². The molecule has 1 aromatic carbocycles. The zero-order valence-electron chi connectivity index (χ0n) is 11.3. The standard InChI is InChI=1S/C15H19ClN2OS/c16-12-6-4-11(5-7-12)10-13(19)18-15(14(17)20)8-2-1-3-9-15/h4-7H,1-3,8-10H2,(H2,17,20)(H,18,19). The Hall–Kier alpha value is -1.13. The van der Waals surface area contributed by atoms with Crippen molar-refractivity contribution in [2.45, 2.75) is 44.1 Å². The molecular weight excluding hydrogens is 292 g/mol. The Morgan fingerprint density at radius 2 is 1.85 bits per heavy atom. The van der Waals surface area contributed by atoms with E-state index >= 15 is 0 Å². The van der Waals surface area contributed by atoms with Gasteiger partial charge in [0, 0.05) is 5.02 Å². The van der Waals surface area contributed by atoms with Crippen LogP contribution in [0.15, 0.2) is 24.3 Å². The van der Waals surface area contributed by atoms with E-state index in [1.807, 2.05) is 12.1 Å². The van der Waals surface area contributed by atoms with Crippen LogP contribution in [0.5, 0.6) is 0 Å². The van der Waals surface area contributed by atoms with Crippen LogP contribution < -0.4 is 11.1 Å². The molecule has 108 valence electrons. The fourth-order valence-corrected chi connectivity index (χ4v) is 3.07. The molecule has 0 radical (unpaired) electrons. The highest BCUT2D eigenvalue weighted by molar-refractivity contribution is 7.80. The van der Waals surface area contributed by atoms with E-state index in [4.69, 9.17) is 29.6 Å². The smallest absolute Gasteiger partial charge is 0.225 e. The zero-order chi connectivity index (χ0) is 14.6. The lowest BCUT2D eigenvalue weighted by Gasteiger charge is -2.37. The minimum absolute atomic E-state index is 0.0398. The average Bonchev–Trinajstić information content (AvgIpc) is 2.42. The molecule has 5 heteroatoms. The predicted octanol–water partition coefficient (Wildman–Crippen LogP) is 2.99. The topological polar surface area (TPSA) is 55.1 Å². The van der Waals surface area contributed by atoms with Crippen LogP contribution in [0.2, 0.25) is 5.02 Å². The second kappa shape index (κ2) is 6.55. The molecule has 1 fully saturated rings. The molecule has 1 aliphatic carbocycles. The van der Waals surface area contributed by atoms with Crippen LogP contribution in [-0.4, -0.2) is 16.4 Å². The molecule has 0 aliphatic heterocycles. The minimum atomic E-state index is -0.489. The van der Waals surface area contributed by atoms with Gasteiger partial charge in [0.05, 0.1) is 16.9 Å². The third-order valence-corrected chi connectivity index (χ3v) is 4.48. The van der Waals surface area contributed by atoms with Gasteiger partial charge in [-0.25, -0.2) is 0 Å². The Bertz CT molecular complexity index is 495. The van der Waals surface area contributed by atoms with E-state index in [0.29, 0.717) is 16.4 Å². The van der Waals surface area contributed by atoms with Crippen molar-refractivity contribution in [3.05, 3.63) is 34.9 Å². The van der Waals surface area contributed by atoms with Gasteiger partial charge >= 0.3 is 0 Å². The molecule has 3 N–H and O–H groups in total. The molecule has 0 saturated heterocycles. The van der Waals surface area contributed by atoms with Crippen molar-refractivity contribution in [1.82, 2.24) is 5.32 Å². The number of benzene rings is 1. The first-order chi connectivity index (χ1) is 9.52. The van der Waals surface area contributed by atoms with Crippen molar-refractivity contribution in [1.29, 1.82) is 0 Å². The highest BCUT2D eigenvalue weighted by atomic mass is 35.5. The summed E-state index contributed by atoms with van der Waals surface area (Å²) in [5.41, 5.74) is 6.31.